The van der Waals surface area contributed by atoms with Gasteiger partial charge in [-0.3, -0.25) is 4.79 Å². The van der Waals surface area contributed by atoms with E-state index in [1.54, 1.807) is 24.3 Å². The van der Waals surface area contributed by atoms with Crippen LogP contribution in [-0.2, 0) is 20.4 Å². The minimum Gasteiger partial charge on any atom is -0.339 e. The largest absolute Gasteiger partial charge is 0.339 e. The Morgan fingerprint density at radius 2 is 1.54 bits per heavy atom. The predicted octanol–water partition coefficient (Wildman–Crippen LogP) is 7.62. The van der Waals surface area contributed by atoms with Crippen LogP contribution in [0.4, 0.5) is 5.69 Å². The lowest BCUT2D eigenvalue weighted by Crippen LogP contribution is -2.17. The summed E-state index contributed by atoms with van der Waals surface area (Å²) in [5.41, 5.74) is 6.97. The molecule has 6 rings (SSSR count). The van der Waals surface area contributed by atoms with Crippen molar-refractivity contribution >= 4 is 43.4 Å². The molecule has 4 aromatic carbocycles. The van der Waals surface area contributed by atoms with Gasteiger partial charge in [0.1, 0.15) is 5.65 Å². The van der Waals surface area contributed by atoms with E-state index in [1.165, 1.54) is 0 Å². The number of nitrogens with one attached hydrogen (secondary N) is 2. The Morgan fingerprint density at radius 1 is 0.854 bits per heavy atom. The number of carbonyl (C=O) groups is 1. The lowest BCUT2D eigenvalue weighted by Gasteiger charge is -2.13. The Kier molecular flexibility index (Phi) is 6.89. The van der Waals surface area contributed by atoms with Gasteiger partial charge in [-0.05, 0) is 53.1 Å². The summed E-state index contributed by atoms with van der Waals surface area (Å²) >= 11 is 0. The molecular weight excluding hydrogens is 530 g/mol. The summed E-state index contributed by atoms with van der Waals surface area (Å²) in [6.07, 6.45) is 1.86. The minimum absolute atomic E-state index is 0.0327. The van der Waals surface area contributed by atoms with Gasteiger partial charge in [0.2, 0.25) is 5.91 Å². The monoisotopic (exact) mass is 559 g/mol. The van der Waals surface area contributed by atoms with E-state index in [4.69, 9.17) is 4.98 Å². The van der Waals surface area contributed by atoms with Gasteiger partial charge in [-0.15, -0.1) is 0 Å². The number of pyridine rings is 1. The number of anilines is 1. The zero-order chi connectivity index (χ0) is 28.6. The summed E-state index contributed by atoms with van der Waals surface area (Å²) in [5.74, 6) is -0.244. The summed E-state index contributed by atoms with van der Waals surface area (Å²) < 4.78 is 26.3. The molecule has 0 saturated carbocycles. The van der Waals surface area contributed by atoms with Gasteiger partial charge in [0.25, 0.3) is 0 Å². The number of H-pyrrole nitrogens is 1. The zero-order valence-electron chi connectivity index (χ0n) is 22.8. The van der Waals surface area contributed by atoms with Crippen LogP contribution in [0.25, 0.3) is 44.2 Å². The fourth-order valence-corrected chi connectivity index (χ4v) is 6.42. The average Bonchev–Trinajstić information content (AvgIpc) is 3.36. The average molecular weight is 560 g/mol. The minimum atomic E-state index is -3.51. The van der Waals surface area contributed by atoms with Crippen molar-refractivity contribution in [2.75, 3.05) is 5.32 Å². The first-order chi connectivity index (χ1) is 19.8. The number of hydrogen-bond donors (Lipinski definition) is 2. The number of fused-ring (bicyclic) bond motifs is 3. The highest BCUT2D eigenvalue weighted by Crippen LogP contribution is 2.41. The maximum atomic E-state index is 13.2. The molecule has 0 bridgehead atoms. The van der Waals surface area contributed by atoms with Crippen molar-refractivity contribution in [3.63, 3.8) is 0 Å². The number of rotatable bonds is 7. The molecule has 0 fully saturated rings. The number of carbonyl (C=O) groups excluding carboxylic acids is 1. The lowest BCUT2D eigenvalue weighted by molar-refractivity contribution is -0.118. The van der Waals surface area contributed by atoms with Crippen LogP contribution in [0.2, 0.25) is 0 Å². The van der Waals surface area contributed by atoms with Gasteiger partial charge in [0.15, 0.2) is 9.84 Å². The van der Waals surface area contributed by atoms with E-state index in [0.29, 0.717) is 10.5 Å². The summed E-state index contributed by atoms with van der Waals surface area (Å²) in [6, 6.07) is 32.2. The van der Waals surface area contributed by atoms with Crippen LogP contribution in [0.3, 0.4) is 0 Å². The van der Waals surface area contributed by atoms with Gasteiger partial charge in [0, 0.05) is 45.2 Å². The molecule has 0 aliphatic rings. The third-order valence-corrected chi connectivity index (χ3v) is 8.90. The standard InChI is InChI=1S/C34H29N3O3S/c1-22(2)34(38)36-26-16-14-24(15-17-26)29-20-35-33-32(31(29)25-9-5-3-6-10-25)28-19-23(13-18-30(28)37-33)21-41(39,40)27-11-7-4-8-12-27/h3-20,22H,21H2,1-2H3,(H,35,37)(H,36,38). The third kappa shape index (κ3) is 5.24. The highest BCUT2D eigenvalue weighted by Gasteiger charge is 2.20. The molecule has 0 aliphatic heterocycles. The van der Waals surface area contributed by atoms with Crippen molar-refractivity contribution in [3.05, 3.63) is 115 Å². The quantitative estimate of drug-likeness (QED) is 0.210. The molecule has 0 radical (unpaired) electrons. The molecule has 0 atom stereocenters. The van der Waals surface area contributed by atoms with E-state index in [-0.39, 0.29) is 17.6 Å². The second-order valence-corrected chi connectivity index (χ2v) is 12.4. The first kappa shape index (κ1) is 26.5. The van der Waals surface area contributed by atoms with Gasteiger partial charge in [-0.2, -0.15) is 0 Å². The first-order valence-electron chi connectivity index (χ1n) is 13.5. The molecule has 0 unspecified atom stereocenters. The van der Waals surface area contributed by atoms with E-state index >= 15 is 0 Å². The third-order valence-electron chi connectivity index (χ3n) is 7.19. The second kappa shape index (κ2) is 10.7. The molecule has 7 heteroatoms. The van der Waals surface area contributed by atoms with Gasteiger partial charge in [-0.25, -0.2) is 13.4 Å². The van der Waals surface area contributed by atoms with Gasteiger partial charge < -0.3 is 10.3 Å². The molecular formula is C34H29N3O3S. The first-order valence-corrected chi connectivity index (χ1v) is 15.1. The Morgan fingerprint density at radius 3 is 2.22 bits per heavy atom. The van der Waals surface area contributed by atoms with E-state index in [1.807, 2.05) is 86.8 Å². The van der Waals surface area contributed by atoms with Crippen molar-refractivity contribution in [1.29, 1.82) is 0 Å². The van der Waals surface area contributed by atoms with Crippen molar-refractivity contribution in [3.8, 4) is 22.3 Å². The molecule has 41 heavy (non-hydrogen) atoms. The maximum absolute atomic E-state index is 13.2. The molecule has 0 spiro atoms. The number of benzene rings is 4. The van der Waals surface area contributed by atoms with Crippen molar-refractivity contribution in [2.24, 2.45) is 5.92 Å². The van der Waals surface area contributed by atoms with Crippen molar-refractivity contribution in [1.82, 2.24) is 9.97 Å². The fraction of sp³-hybridized carbons (Fsp3) is 0.118. The topological polar surface area (TPSA) is 91.9 Å². The number of amides is 1. The summed E-state index contributed by atoms with van der Waals surface area (Å²) in [7, 11) is -3.51. The Balaban J connectivity index is 1.50. The normalized spacial score (nSPS) is 11.8. The number of hydrogen-bond acceptors (Lipinski definition) is 4. The zero-order valence-corrected chi connectivity index (χ0v) is 23.6. The molecule has 204 valence electrons. The highest BCUT2D eigenvalue weighted by atomic mass is 32.2. The van der Waals surface area contributed by atoms with Crippen LogP contribution in [-0.4, -0.2) is 24.3 Å². The van der Waals surface area contributed by atoms with Gasteiger partial charge in [0.05, 0.1) is 10.6 Å². The number of aromatic amines is 1. The summed E-state index contributed by atoms with van der Waals surface area (Å²) in [6.45, 7) is 3.72. The maximum Gasteiger partial charge on any atom is 0.226 e. The molecule has 6 nitrogen and oxygen atoms in total. The molecule has 0 aliphatic carbocycles. The smallest absolute Gasteiger partial charge is 0.226 e. The van der Waals surface area contributed by atoms with Crippen LogP contribution >= 0.6 is 0 Å². The molecule has 2 N–H and O–H groups in total. The van der Waals surface area contributed by atoms with Gasteiger partial charge in [-0.1, -0.05) is 80.6 Å². The SMILES string of the molecule is CC(C)C(=O)Nc1ccc(-c2cnc3[nH]c4ccc(CS(=O)(=O)c5ccccc5)cc4c3c2-c2ccccc2)cc1. The number of nitrogens with zero attached hydrogens (tertiary/aromatic N) is 1. The molecule has 2 aromatic heterocycles. The lowest BCUT2D eigenvalue weighted by atomic mass is 9.92. The Labute approximate surface area is 239 Å². The van der Waals surface area contributed by atoms with E-state index in [9.17, 15) is 13.2 Å². The van der Waals surface area contributed by atoms with Crippen molar-refractivity contribution < 1.29 is 13.2 Å². The fourth-order valence-electron chi connectivity index (χ4n) is 5.07. The van der Waals surface area contributed by atoms with Crippen molar-refractivity contribution in [2.45, 2.75) is 24.5 Å². The Bertz CT molecular complexity index is 1980. The van der Waals surface area contributed by atoms with Crippen LogP contribution in [0.15, 0.2) is 114 Å². The molecule has 1 amide bonds. The van der Waals surface area contributed by atoms with E-state index in [0.717, 1.165) is 49.9 Å². The Hall–Kier alpha value is -4.75. The summed E-state index contributed by atoms with van der Waals surface area (Å²) in [4.78, 5) is 20.7. The summed E-state index contributed by atoms with van der Waals surface area (Å²) in [5, 5.41) is 4.79. The van der Waals surface area contributed by atoms with E-state index < -0.39 is 9.84 Å². The van der Waals surface area contributed by atoms with E-state index in [2.05, 4.69) is 22.4 Å². The van der Waals surface area contributed by atoms with Crippen LogP contribution in [0, 0.1) is 5.92 Å². The van der Waals surface area contributed by atoms with Crippen LogP contribution in [0.1, 0.15) is 19.4 Å². The molecule has 2 heterocycles. The second-order valence-electron chi connectivity index (χ2n) is 10.4. The predicted molar refractivity (Wildman–Crippen MR) is 165 cm³/mol. The van der Waals surface area contributed by atoms with Crippen LogP contribution in [0.5, 0.6) is 0 Å². The molecule has 0 saturated heterocycles. The number of aromatic nitrogens is 2. The molecule has 6 aromatic rings. The number of sulfone groups is 1. The van der Waals surface area contributed by atoms with Gasteiger partial charge >= 0.3 is 0 Å². The van der Waals surface area contributed by atoms with Crippen LogP contribution < -0.4 is 5.32 Å². The highest BCUT2D eigenvalue weighted by molar-refractivity contribution is 7.90.